The molecule has 2 heterocycles. The van der Waals surface area contributed by atoms with Crippen LogP contribution in [0.2, 0.25) is 0 Å². The van der Waals surface area contributed by atoms with Crippen molar-refractivity contribution >= 4 is 23.2 Å². The number of carbonyl (C=O) groups excluding carboxylic acids is 2. The lowest BCUT2D eigenvalue weighted by Gasteiger charge is -2.35. The number of rotatable bonds is 6. The number of hydrogen-bond acceptors (Lipinski definition) is 4. The molecule has 2 amide bonds. The summed E-state index contributed by atoms with van der Waals surface area (Å²) in [6.45, 7) is 5.35. The molecule has 0 aliphatic carbocycles. The van der Waals surface area contributed by atoms with Crippen molar-refractivity contribution in [2.24, 2.45) is 0 Å². The Morgan fingerprint density at radius 1 is 1.07 bits per heavy atom. The zero-order valence-corrected chi connectivity index (χ0v) is 17.1. The van der Waals surface area contributed by atoms with Gasteiger partial charge in [0.15, 0.2) is 6.04 Å². The number of nitrogens with one attached hydrogen (secondary N) is 1. The van der Waals surface area contributed by atoms with Crippen molar-refractivity contribution < 1.29 is 23.6 Å². The van der Waals surface area contributed by atoms with E-state index in [1.54, 1.807) is 36.4 Å². The predicted molar refractivity (Wildman–Crippen MR) is 112 cm³/mol. The lowest BCUT2D eigenvalue weighted by molar-refractivity contribution is -0.915. The monoisotopic (exact) mass is 412 g/mol. The van der Waals surface area contributed by atoms with E-state index in [0.29, 0.717) is 44.2 Å². The maximum Gasteiger partial charge on any atom is 0.292 e. The number of quaternary nitrogens is 1. The van der Waals surface area contributed by atoms with Crippen LogP contribution >= 0.6 is 0 Å². The molecule has 0 bridgehead atoms. The fourth-order valence-corrected chi connectivity index (χ4v) is 4.22. The van der Waals surface area contributed by atoms with Crippen molar-refractivity contribution in [1.29, 1.82) is 0 Å². The molecule has 2 saturated heterocycles. The third-order valence-corrected chi connectivity index (χ3v) is 5.81. The summed E-state index contributed by atoms with van der Waals surface area (Å²) in [6, 6.07) is 13.5. The first kappa shape index (κ1) is 20.3. The SMILES string of the molecule is CCCOc1ccc(N2C(=O)C[C@H]([NH+]3CCN(c4ccccc4F)CC3)C2=O)cc1. The number of benzene rings is 2. The summed E-state index contributed by atoms with van der Waals surface area (Å²) < 4.78 is 19.6. The number of nitrogens with zero attached hydrogens (tertiary/aromatic N) is 2. The van der Waals surface area contributed by atoms with E-state index >= 15 is 0 Å². The first-order valence-electron chi connectivity index (χ1n) is 10.5. The van der Waals surface area contributed by atoms with E-state index in [1.807, 2.05) is 17.9 Å². The number of halogens is 1. The zero-order valence-electron chi connectivity index (χ0n) is 17.1. The highest BCUT2D eigenvalue weighted by atomic mass is 19.1. The highest BCUT2D eigenvalue weighted by molar-refractivity contribution is 6.21. The standard InChI is InChI=1S/C23H26FN3O3/c1-2-15-30-18-9-7-17(8-10-18)27-22(28)16-21(23(27)29)26-13-11-25(12-14-26)20-6-4-3-5-19(20)24/h3-10,21H,2,11-16H2,1H3/p+1/t21-/m0/s1. The van der Waals surface area contributed by atoms with Gasteiger partial charge >= 0.3 is 0 Å². The van der Waals surface area contributed by atoms with Crippen LogP contribution < -0.4 is 19.4 Å². The Hall–Kier alpha value is -2.93. The second kappa shape index (κ2) is 8.83. The molecule has 0 unspecified atom stereocenters. The molecular formula is C23H27FN3O3+. The number of ether oxygens (including phenoxy) is 1. The Bertz CT molecular complexity index is 910. The lowest BCUT2D eigenvalue weighted by atomic mass is 10.1. The predicted octanol–water partition coefficient (Wildman–Crippen LogP) is 1.65. The molecular weight excluding hydrogens is 385 g/mol. The van der Waals surface area contributed by atoms with Gasteiger partial charge in [-0.05, 0) is 42.8 Å². The molecule has 0 aromatic heterocycles. The van der Waals surface area contributed by atoms with Crippen molar-refractivity contribution in [3.63, 3.8) is 0 Å². The van der Waals surface area contributed by atoms with Crippen LogP contribution in [0.3, 0.4) is 0 Å². The Morgan fingerprint density at radius 2 is 1.77 bits per heavy atom. The molecule has 2 aliphatic rings. The van der Waals surface area contributed by atoms with E-state index in [9.17, 15) is 14.0 Å². The van der Waals surface area contributed by atoms with Gasteiger partial charge in [-0.2, -0.15) is 0 Å². The molecule has 30 heavy (non-hydrogen) atoms. The molecule has 0 saturated carbocycles. The van der Waals surface area contributed by atoms with Crippen LogP contribution in [0.5, 0.6) is 5.75 Å². The quantitative estimate of drug-likeness (QED) is 0.734. The van der Waals surface area contributed by atoms with Gasteiger partial charge in [-0.25, -0.2) is 9.29 Å². The number of amides is 2. The maximum absolute atomic E-state index is 14.1. The normalized spacial score (nSPS) is 20.1. The largest absolute Gasteiger partial charge is 0.494 e. The maximum atomic E-state index is 14.1. The minimum absolute atomic E-state index is 0.156. The van der Waals surface area contributed by atoms with E-state index in [1.165, 1.54) is 11.0 Å². The van der Waals surface area contributed by atoms with Crippen LogP contribution in [0.25, 0.3) is 0 Å². The zero-order chi connectivity index (χ0) is 21.1. The summed E-state index contributed by atoms with van der Waals surface area (Å²) in [4.78, 5) is 30.1. The number of piperazine rings is 1. The molecule has 158 valence electrons. The van der Waals surface area contributed by atoms with Crippen LogP contribution in [0.15, 0.2) is 48.5 Å². The van der Waals surface area contributed by atoms with Crippen molar-refractivity contribution in [1.82, 2.24) is 0 Å². The van der Waals surface area contributed by atoms with E-state index in [2.05, 4.69) is 0 Å². The molecule has 6 nitrogen and oxygen atoms in total. The summed E-state index contributed by atoms with van der Waals surface area (Å²) in [6.07, 6.45) is 1.13. The summed E-state index contributed by atoms with van der Waals surface area (Å²) in [7, 11) is 0. The highest BCUT2D eigenvalue weighted by Gasteiger charge is 2.46. The first-order chi connectivity index (χ1) is 14.6. The summed E-state index contributed by atoms with van der Waals surface area (Å²) in [5, 5.41) is 0. The molecule has 1 atom stereocenters. The minimum Gasteiger partial charge on any atom is -0.494 e. The van der Waals surface area contributed by atoms with Gasteiger partial charge < -0.3 is 14.5 Å². The second-order valence-corrected chi connectivity index (χ2v) is 7.76. The van der Waals surface area contributed by atoms with Gasteiger partial charge in [0.05, 0.1) is 50.6 Å². The van der Waals surface area contributed by atoms with Gasteiger partial charge in [0, 0.05) is 0 Å². The lowest BCUT2D eigenvalue weighted by Crippen LogP contribution is -3.19. The molecule has 0 radical (unpaired) electrons. The molecule has 4 rings (SSSR count). The average Bonchev–Trinajstić information content (AvgIpc) is 3.07. The number of imide groups is 1. The molecule has 2 aliphatic heterocycles. The van der Waals surface area contributed by atoms with Gasteiger partial charge in [0.1, 0.15) is 11.6 Å². The third-order valence-electron chi connectivity index (χ3n) is 5.81. The molecule has 0 spiro atoms. The van der Waals surface area contributed by atoms with E-state index in [4.69, 9.17) is 4.74 Å². The summed E-state index contributed by atoms with van der Waals surface area (Å²) >= 11 is 0. The van der Waals surface area contributed by atoms with Crippen LogP contribution in [0, 0.1) is 5.82 Å². The smallest absolute Gasteiger partial charge is 0.292 e. The van der Waals surface area contributed by atoms with Crippen LogP contribution in [0.4, 0.5) is 15.8 Å². The van der Waals surface area contributed by atoms with Crippen LogP contribution in [-0.4, -0.2) is 50.6 Å². The number of hydrogen-bond donors (Lipinski definition) is 1. The average molecular weight is 412 g/mol. The minimum atomic E-state index is -0.378. The number of anilines is 2. The van der Waals surface area contributed by atoms with E-state index < -0.39 is 0 Å². The van der Waals surface area contributed by atoms with Gasteiger partial charge in [-0.15, -0.1) is 0 Å². The van der Waals surface area contributed by atoms with Crippen molar-refractivity contribution in [2.45, 2.75) is 25.8 Å². The number of para-hydroxylation sites is 1. The van der Waals surface area contributed by atoms with Gasteiger partial charge in [0.2, 0.25) is 5.91 Å². The van der Waals surface area contributed by atoms with Crippen LogP contribution in [0.1, 0.15) is 19.8 Å². The molecule has 2 aromatic carbocycles. The summed E-state index contributed by atoms with van der Waals surface area (Å²) in [5.41, 5.74) is 1.18. The Morgan fingerprint density at radius 3 is 2.43 bits per heavy atom. The van der Waals surface area contributed by atoms with E-state index in [-0.39, 0.29) is 30.1 Å². The van der Waals surface area contributed by atoms with E-state index in [0.717, 1.165) is 17.1 Å². The van der Waals surface area contributed by atoms with Crippen LogP contribution in [-0.2, 0) is 9.59 Å². The molecule has 2 fully saturated rings. The Labute approximate surface area is 175 Å². The first-order valence-corrected chi connectivity index (χ1v) is 10.5. The fourth-order valence-electron chi connectivity index (χ4n) is 4.22. The number of carbonyl (C=O) groups is 2. The topological polar surface area (TPSA) is 54.3 Å². The molecule has 2 aromatic rings. The van der Waals surface area contributed by atoms with Gasteiger partial charge in [-0.3, -0.25) is 9.59 Å². The Balaban J connectivity index is 1.40. The van der Waals surface area contributed by atoms with Crippen molar-refractivity contribution in [2.75, 3.05) is 42.6 Å². The van der Waals surface area contributed by atoms with Gasteiger partial charge in [-0.1, -0.05) is 19.1 Å². The molecule has 1 N–H and O–H groups in total. The van der Waals surface area contributed by atoms with Crippen molar-refractivity contribution in [3.8, 4) is 5.75 Å². The highest BCUT2D eigenvalue weighted by Crippen LogP contribution is 2.25. The van der Waals surface area contributed by atoms with Gasteiger partial charge in [0.25, 0.3) is 5.91 Å². The molecule has 7 heteroatoms. The van der Waals surface area contributed by atoms with Crippen molar-refractivity contribution in [3.05, 3.63) is 54.3 Å². The fraction of sp³-hybridized carbons (Fsp3) is 0.391. The summed E-state index contributed by atoms with van der Waals surface area (Å²) in [5.74, 6) is 0.171. The Kier molecular flexibility index (Phi) is 5.99. The second-order valence-electron chi connectivity index (χ2n) is 7.76. The third kappa shape index (κ3) is 4.03.